The van der Waals surface area contributed by atoms with Crippen molar-refractivity contribution in [2.24, 2.45) is 0 Å². The van der Waals surface area contributed by atoms with E-state index in [-0.39, 0.29) is 18.4 Å². The Morgan fingerprint density at radius 1 is 1.19 bits per heavy atom. The van der Waals surface area contributed by atoms with E-state index in [0.29, 0.717) is 17.1 Å². The van der Waals surface area contributed by atoms with Crippen molar-refractivity contribution in [2.75, 3.05) is 45.9 Å². The second-order valence-electron chi connectivity index (χ2n) is 6.29. The van der Waals surface area contributed by atoms with E-state index in [1.54, 1.807) is 6.92 Å². The maximum atomic E-state index is 12.4. The van der Waals surface area contributed by atoms with Crippen LogP contribution in [0.4, 0.5) is 0 Å². The van der Waals surface area contributed by atoms with E-state index >= 15 is 0 Å². The molecule has 2 heterocycles. The van der Waals surface area contributed by atoms with E-state index in [1.807, 2.05) is 30.3 Å². The van der Waals surface area contributed by atoms with Gasteiger partial charge in [0.15, 0.2) is 0 Å². The van der Waals surface area contributed by atoms with Crippen LogP contribution in [-0.4, -0.2) is 67.6 Å². The van der Waals surface area contributed by atoms with Crippen LogP contribution in [0.15, 0.2) is 30.3 Å². The number of hydrogen-bond acceptors (Lipinski definition) is 6. The molecule has 1 aromatic carbocycles. The van der Waals surface area contributed by atoms with Crippen molar-refractivity contribution in [3.63, 3.8) is 0 Å². The zero-order chi connectivity index (χ0) is 19.1. The minimum Gasteiger partial charge on any atom is -0.379 e. The number of nitrogens with one attached hydrogen (secondary N) is 2. The molecule has 0 radical (unpaired) electrons. The Kier molecular flexibility index (Phi) is 6.92. The highest BCUT2D eigenvalue weighted by atomic mass is 32.1. The SMILES string of the molecule is Cc1nc(-c2ccccc2)sc1C(=O)NCC(=O)NCCN1CCOCC1. The average molecular weight is 388 g/mol. The lowest BCUT2D eigenvalue weighted by Gasteiger charge is -2.26. The molecule has 0 aliphatic carbocycles. The largest absolute Gasteiger partial charge is 0.379 e. The van der Waals surface area contributed by atoms with Gasteiger partial charge in [-0.3, -0.25) is 14.5 Å². The number of hydrogen-bond donors (Lipinski definition) is 2. The first kappa shape index (κ1) is 19.5. The highest BCUT2D eigenvalue weighted by molar-refractivity contribution is 7.17. The maximum absolute atomic E-state index is 12.4. The van der Waals surface area contributed by atoms with Crippen molar-refractivity contribution in [1.82, 2.24) is 20.5 Å². The van der Waals surface area contributed by atoms with Crippen molar-refractivity contribution in [3.05, 3.63) is 40.9 Å². The lowest BCUT2D eigenvalue weighted by Crippen LogP contribution is -2.43. The predicted octanol–water partition coefficient (Wildman–Crippen LogP) is 1.30. The summed E-state index contributed by atoms with van der Waals surface area (Å²) in [7, 11) is 0. The molecular weight excluding hydrogens is 364 g/mol. The molecule has 0 atom stereocenters. The fourth-order valence-corrected chi connectivity index (χ4v) is 3.78. The molecule has 1 aliphatic rings. The lowest BCUT2D eigenvalue weighted by atomic mass is 10.2. The maximum Gasteiger partial charge on any atom is 0.263 e. The van der Waals surface area contributed by atoms with E-state index < -0.39 is 0 Å². The Morgan fingerprint density at radius 2 is 1.93 bits per heavy atom. The van der Waals surface area contributed by atoms with Gasteiger partial charge >= 0.3 is 0 Å². The summed E-state index contributed by atoms with van der Waals surface area (Å²) in [6, 6.07) is 9.74. The standard InChI is InChI=1S/C19H24N4O3S/c1-14-17(27-19(22-14)15-5-3-2-4-6-15)18(25)21-13-16(24)20-7-8-23-9-11-26-12-10-23/h2-6H,7-13H2,1H3,(H,20,24)(H,21,25). The fourth-order valence-electron chi connectivity index (χ4n) is 2.79. The molecule has 1 aromatic heterocycles. The molecule has 2 N–H and O–H groups in total. The molecule has 2 aromatic rings. The second kappa shape index (κ2) is 9.59. The Morgan fingerprint density at radius 3 is 2.67 bits per heavy atom. The van der Waals surface area contributed by atoms with Crippen molar-refractivity contribution in [3.8, 4) is 10.6 Å². The highest BCUT2D eigenvalue weighted by Gasteiger charge is 2.17. The summed E-state index contributed by atoms with van der Waals surface area (Å²) in [6.07, 6.45) is 0. The molecule has 144 valence electrons. The number of ether oxygens (including phenoxy) is 1. The van der Waals surface area contributed by atoms with Crippen LogP contribution in [0, 0.1) is 6.92 Å². The van der Waals surface area contributed by atoms with Crippen LogP contribution in [0.3, 0.4) is 0 Å². The van der Waals surface area contributed by atoms with Crippen molar-refractivity contribution < 1.29 is 14.3 Å². The fraction of sp³-hybridized carbons (Fsp3) is 0.421. The van der Waals surface area contributed by atoms with Crippen LogP contribution >= 0.6 is 11.3 Å². The molecule has 0 spiro atoms. The number of aromatic nitrogens is 1. The van der Waals surface area contributed by atoms with Gasteiger partial charge < -0.3 is 15.4 Å². The number of amides is 2. The minimum absolute atomic E-state index is 0.0417. The summed E-state index contributed by atoms with van der Waals surface area (Å²) in [4.78, 5) is 31.6. The summed E-state index contributed by atoms with van der Waals surface area (Å²) in [6.45, 7) is 6.37. The van der Waals surface area contributed by atoms with E-state index in [0.717, 1.165) is 43.4 Å². The minimum atomic E-state index is -0.268. The Hall–Kier alpha value is -2.29. The first-order valence-electron chi connectivity index (χ1n) is 9.01. The van der Waals surface area contributed by atoms with E-state index in [2.05, 4.69) is 20.5 Å². The molecule has 0 bridgehead atoms. The highest BCUT2D eigenvalue weighted by Crippen LogP contribution is 2.27. The molecule has 27 heavy (non-hydrogen) atoms. The third kappa shape index (κ3) is 5.59. The van der Waals surface area contributed by atoms with Gasteiger partial charge in [-0.25, -0.2) is 4.98 Å². The molecule has 0 unspecified atom stereocenters. The molecule has 3 rings (SSSR count). The van der Waals surface area contributed by atoms with Gasteiger partial charge in [-0.2, -0.15) is 0 Å². The van der Waals surface area contributed by atoms with Gasteiger partial charge in [0.05, 0.1) is 25.5 Å². The zero-order valence-corrected chi connectivity index (χ0v) is 16.2. The lowest BCUT2D eigenvalue weighted by molar-refractivity contribution is -0.120. The number of nitrogens with zero attached hydrogens (tertiary/aromatic N) is 2. The van der Waals surface area contributed by atoms with Gasteiger partial charge in [0.1, 0.15) is 9.88 Å². The number of morpholine rings is 1. The van der Waals surface area contributed by atoms with Crippen LogP contribution in [0.25, 0.3) is 10.6 Å². The van der Waals surface area contributed by atoms with Crippen LogP contribution in [-0.2, 0) is 9.53 Å². The van der Waals surface area contributed by atoms with Crippen molar-refractivity contribution in [1.29, 1.82) is 0 Å². The third-order valence-corrected chi connectivity index (χ3v) is 5.49. The molecule has 1 saturated heterocycles. The Bertz CT molecular complexity index is 773. The normalized spacial score (nSPS) is 14.7. The molecule has 0 saturated carbocycles. The molecular formula is C19H24N4O3S. The van der Waals surface area contributed by atoms with Gasteiger partial charge in [0.2, 0.25) is 5.91 Å². The van der Waals surface area contributed by atoms with E-state index in [1.165, 1.54) is 11.3 Å². The summed E-state index contributed by atoms with van der Waals surface area (Å²) in [5.74, 6) is -0.461. The summed E-state index contributed by atoms with van der Waals surface area (Å²) in [5.41, 5.74) is 1.65. The van der Waals surface area contributed by atoms with Crippen LogP contribution in [0.1, 0.15) is 15.4 Å². The predicted molar refractivity (Wildman–Crippen MR) is 105 cm³/mol. The number of aryl methyl sites for hydroxylation is 1. The second-order valence-corrected chi connectivity index (χ2v) is 7.29. The summed E-state index contributed by atoms with van der Waals surface area (Å²) < 4.78 is 5.29. The quantitative estimate of drug-likeness (QED) is 0.747. The number of carbonyl (C=O) groups is 2. The monoisotopic (exact) mass is 388 g/mol. The van der Waals surface area contributed by atoms with Gasteiger partial charge in [0, 0.05) is 31.7 Å². The van der Waals surface area contributed by atoms with E-state index in [9.17, 15) is 9.59 Å². The third-order valence-electron chi connectivity index (χ3n) is 4.29. The van der Waals surface area contributed by atoms with E-state index in [4.69, 9.17) is 4.74 Å². The van der Waals surface area contributed by atoms with Gasteiger partial charge in [-0.05, 0) is 6.92 Å². The number of rotatable bonds is 7. The number of benzene rings is 1. The van der Waals surface area contributed by atoms with Gasteiger partial charge in [-0.1, -0.05) is 30.3 Å². The van der Waals surface area contributed by atoms with Gasteiger partial charge in [0.25, 0.3) is 5.91 Å². The first-order valence-corrected chi connectivity index (χ1v) is 9.83. The molecule has 1 fully saturated rings. The van der Waals surface area contributed by atoms with Gasteiger partial charge in [-0.15, -0.1) is 11.3 Å². The van der Waals surface area contributed by atoms with Crippen LogP contribution in [0.5, 0.6) is 0 Å². The first-order chi connectivity index (χ1) is 13.1. The number of carbonyl (C=O) groups excluding carboxylic acids is 2. The average Bonchev–Trinajstić information content (AvgIpc) is 3.09. The van der Waals surface area contributed by atoms with Crippen LogP contribution in [0.2, 0.25) is 0 Å². The summed E-state index contributed by atoms with van der Waals surface area (Å²) in [5, 5.41) is 6.31. The van der Waals surface area contributed by atoms with Crippen molar-refractivity contribution >= 4 is 23.2 Å². The van der Waals surface area contributed by atoms with Crippen molar-refractivity contribution in [2.45, 2.75) is 6.92 Å². The smallest absolute Gasteiger partial charge is 0.263 e. The molecule has 7 nitrogen and oxygen atoms in total. The van der Waals surface area contributed by atoms with Crippen LogP contribution < -0.4 is 10.6 Å². The Labute approximate surface area is 162 Å². The summed E-state index contributed by atoms with van der Waals surface area (Å²) >= 11 is 1.34. The topological polar surface area (TPSA) is 83.6 Å². The molecule has 2 amide bonds. The number of thiazole rings is 1. The Balaban J connectivity index is 1.45. The molecule has 8 heteroatoms. The zero-order valence-electron chi connectivity index (χ0n) is 15.4. The molecule has 1 aliphatic heterocycles.